The Hall–Kier alpha value is -0.270. The molecule has 0 aromatic carbocycles. The first-order chi connectivity index (χ1) is 5.37. The van der Waals surface area contributed by atoms with Crippen LogP contribution in [-0.2, 0) is 14.8 Å². The van der Waals surface area contributed by atoms with Crippen molar-refractivity contribution < 1.29 is 18.3 Å². The molecule has 0 bridgehead atoms. The second kappa shape index (κ2) is 4.68. The van der Waals surface area contributed by atoms with Gasteiger partial charge in [-0.25, -0.2) is 13.1 Å². The van der Waals surface area contributed by atoms with E-state index in [1.54, 1.807) is 6.26 Å². The zero-order valence-electron chi connectivity index (χ0n) is 6.77. The standard InChI is InChI=1S/C5H11NO4S2/c1-11-3-4(5(7)8)6-12(2,9)10/h4,6H,3H2,1-2H3,(H,7,8)/t4-/m0/s1. The van der Waals surface area contributed by atoms with Crippen LogP contribution in [0.5, 0.6) is 0 Å². The molecule has 0 heterocycles. The number of hydrogen-bond acceptors (Lipinski definition) is 4. The van der Waals surface area contributed by atoms with Gasteiger partial charge in [0.25, 0.3) is 0 Å². The van der Waals surface area contributed by atoms with Gasteiger partial charge in [-0.1, -0.05) is 0 Å². The minimum atomic E-state index is -3.43. The summed E-state index contributed by atoms with van der Waals surface area (Å²) < 4.78 is 23.3. The molecule has 0 fully saturated rings. The molecule has 0 rings (SSSR count). The molecule has 12 heavy (non-hydrogen) atoms. The first-order valence-electron chi connectivity index (χ1n) is 3.06. The third-order valence-electron chi connectivity index (χ3n) is 0.988. The monoisotopic (exact) mass is 213 g/mol. The van der Waals surface area contributed by atoms with E-state index in [0.29, 0.717) is 0 Å². The molecule has 0 spiro atoms. The minimum Gasteiger partial charge on any atom is -0.480 e. The van der Waals surface area contributed by atoms with Gasteiger partial charge in [-0.3, -0.25) is 4.79 Å². The van der Waals surface area contributed by atoms with Crippen LogP contribution in [0.1, 0.15) is 0 Å². The lowest BCUT2D eigenvalue weighted by molar-refractivity contribution is -0.138. The summed E-state index contributed by atoms with van der Waals surface area (Å²) in [5.41, 5.74) is 0. The Balaban J connectivity index is 4.24. The third-order valence-corrected chi connectivity index (χ3v) is 2.37. The summed E-state index contributed by atoms with van der Waals surface area (Å²) in [7, 11) is -3.43. The molecule has 0 aliphatic carbocycles. The normalized spacial score (nSPS) is 14.2. The Morgan fingerprint density at radius 2 is 2.17 bits per heavy atom. The van der Waals surface area contributed by atoms with Crippen molar-refractivity contribution in [3.8, 4) is 0 Å². The summed E-state index contributed by atoms with van der Waals surface area (Å²) >= 11 is 1.27. The quantitative estimate of drug-likeness (QED) is 0.634. The lowest BCUT2D eigenvalue weighted by Crippen LogP contribution is -2.41. The second-order valence-corrected chi connectivity index (χ2v) is 4.93. The number of nitrogens with one attached hydrogen (secondary N) is 1. The van der Waals surface area contributed by atoms with Crippen LogP contribution in [0, 0.1) is 0 Å². The van der Waals surface area contributed by atoms with E-state index in [9.17, 15) is 13.2 Å². The van der Waals surface area contributed by atoms with Gasteiger partial charge in [-0.2, -0.15) is 11.8 Å². The molecule has 72 valence electrons. The highest BCUT2D eigenvalue weighted by Gasteiger charge is 2.20. The van der Waals surface area contributed by atoms with Crippen LogP contribution in [0.4, 0.5) is 0 Å². The fourth-order valence-electron chi connectivity index (χ4n) is 0.581. The van der Waals surface area contributed by atoms with Crippen LogP contribution in [0.15, 0.2) is 0 Å². The van der Waals surface area contributed by atoms with E-state index in [0.717, 1.165) is 6.26 Å². The number of carbonyl (C=O) groups is 1. The van der Waals surface area contributed by atoms with Crippen molar-refractivity contribution in [2.75, 3.05) is 18.3 Å². The highest BCUT2D eigenvalue weighted by Crippen LogP contribution is 1.98. The topological polar surface area (TPSA) is 83.5 Å². The SMILES string of the molecule is CSC[C@H](NS(C)(=O)=O)C(=O)O. The number of carboxylic acid groups (broad SMARTS) is 1. The van der Waals surface area contributed by atoms with E-state index in [-0.39, 0.29) is 5.75 Å². The van der Waals surface area contributed by atoms with E-state index in [1.165, 1.54) is 11.8 Å². The molecular weight excluding hydrogens is 202 g/mol. The number of thioether (sulfide) groups is 1. The number of carboxylic acids is 1. The summed E-state index contributed by atoms with van der Waals surface area (Å²) in [5.74, 6) is -0.933. The van der Waals surface area contributed by atoms with Gasteiger partial charge in [0.1, 0.15) is 6.04 Å². The maximum atomic E-state index is 10.6. The Labute approximate surface area is 75.6 Å². The van der Waals surface area contributed by atoms with Gasteiger partial charge in [-0.05, 0) is 6.26 Å². The number of sulfonamides is 1. The van der Waals surface area contributed by atoms with Crippen molar-refractivity contribution in [3.05, 3.63) is 0 Å². The van der Waals surface area contributed by atoms with Gasteiger partial charge in [0.2, 0.25) is 10.0 Å². The predicted octanol–water partition coefficient (Wildman–Crippen LogP) is -0.648. The molecule has 0 aromatic rings. The average Bonchev–Trinajstić information content (AvgIpc) is 1.83. The maximum Gasteiger partial charge on any atom is 0.322 e. The molecule has 0 saturated heterocycles. The largest absolute Gasteiger partial charge is 0.480 e. The van der Waals surface area contributed by atoms with Crippen molar-refractivity contribution >= 4 is 27.8 Å². The average molecular weight is 213 g/mol. The summed E-state index contributed by atoms with van der Waals surface area (Å²) in [6.45, 7) is 0. The molecule has 0 aromatic heterocycles. The zero-order valence-corrected chi connectivity index (χ0v) is 8.41. The highest BCUT2D eigenvalue weighted by atomic mass is 32.2. The zero-order chi connectivity index (χ0) is 9.78. The predicted molar refractivity (Wildman–Crippen MR) is 47.8 cm³/mol. The lowest BCUT2D eigenvalue weighted by atomic mass is 10.4. The molecule has 0 aliphatic heterocycles. The van der Waals surface area contributed by atoms with Gasteiger partial charge in [0, 0.05) is 5.75 Å². The fourth-order valence-corrected chi connectivity index (χ4v) is 1.95. The van der Waals surface area contributed by atoms with E-state index in [1.807, 2.05) is 4.72 Å². The highest BCUT2D eigenvalue weighted by molar-refractivity contribution is 7.98. The molecule has 0 saturated carbocycles. The molecule has 0 radical (unpaired) electrons. The fraction of sp³-hybridized carbons (Fsp3) is 0.800. The maximum absolute atomic E-state index is 10.6. The van der Waals surface area contributed by atoms with Crippen LogP contribution >= 0.6 is 11.8 Å². The molecular formula is C5H11NO4S2. The van der Waals surface area contributed by atoms with Gasteiger partial charge in [-0.15, -0.1) is 0 Å². The van der Waals surface area contributed by atoms with Crippen molar-refractivity contribution in [1.29, 1.82) is 0 Å². The number of aliphatic carboxylic acids is 1. The van der Waals surface area contributed by atoms with E-state index < -0.39 is 22.0 Å². The van der Waals surface area contributed by atoms with Crippen molar-refractivity contribution in [2.24, 2.45) is 0 Å². The molecule has 0 unspecified atom stereocenters. The first-order valence-corrected chi connectivity index (χ1v) is 6.34. The van der Waals surface area contributed by atoms with Crippen molar-refractivity contribution in [1.82, 2.24) is 4.72 Å². The van der Waals surface area contributed by atoms with Crippen LogP contribution in [0.3, 0.4) is 0 Å². The summed E-state index contributed by atoms with van der Waals surface area (Å²) in [4.78, 5) is 10.4. The van der Waals surface area contributed by atoms with E-state index in [4.69, 9.17) is 5.11 Å². The second-order valence-electron chi connectivity index (χ2n) is 2.24. The summed E-state index contributed by atoms with van der Waals surface area (Å²) in [6, 6.07) is -1.03. The lowest BCUT2D eigenvalue weighted by Gasteiger charge is -2.10. The number of rotatable bonds is 5. The number of hydrogen-bond donors (Lipinski definition) is 2. The van der Waals surface area contributed by atoms with Gasteiger partial charge in [0.05, 0.1) is 6.26 Å². The van der Waals surface area contributed by atoms with Crippen molar-refractivity contribution in [3.63, 3.8) is 0 Å². The Morgan fingerprint density at radius 3 is 2.42 bits per heavy atom. The van der Waals surface area contributed by atoms with Gasteiger partial charge < -0.3 is 5.11 Å². The van der Waals surface area contributed by atoms with Crippen LogP contribution in [0.2, 0.25) is 0 Å². The van der Waals surface area contributed by atoms with Gasteiger partial charge >= 0.3 is 5.97 Å². The molecule has 1 atom stereocenters. The summed E-state index contributed by atoms with van der Waals surface area (Å²) in [6.07, 6.45) is 2.64. The third kappa shape index (κ3) is 5.39. The van der Waals surface area contributed by atoms with Crippen LogP contribution in [-0.4, -0.2) is 43.8 Å². The van der Waals surface area contributed by atoms with Crippen molar-refractivity contribution in [2.45, 2.75) is 6.04 Å². The first kappa shape index (κ1) is 11.7. The minimum absolute atomic E-state index is 0.225. The van der Waals surface area contributed by atoms with Gasteiger partial charge in [0.15, 0.2) is 0 Å². The molecule has 0 aliphatic rings. The Morgan fingerprint density at radius 1 is 1.67 bits per heavy atom. The van der Waals surface area contributed by atoms with Crippen LogP contribution < -0.4 is 4.72 Å². The Kier molecular flexibility index (Phi) is 4.58. The van der Waals surface area contributed by atoms with E-state index in [2.05, 4.69) is 0 Å². The van der Waals surface area contributed by atoms with E-state index >= 15 is 0 Å². The summed E-state index contributed by atoms with van der Waals surface area (Å²) in [5, 5.41) is 8.53. The Bertz CT molecular complexity index is 248. The molecule has 7 heteroatoms. The molecule has 2 N–H and O–H groups in total. The smallest absolute Gasteiger partial charge is 0.322 e. The van der Waals surface area contributed by atoms with Crippen LogP contribution in [0.25, 0.3) is 0 Å². The molecule has 0 amide bonds. The molecule has 5 nitrogen and oxygen atoms in total.